The number of hydrogen-bond acceptors (Lipinski definition) is 5. The van der Waals surface area contributed by atoms with Gasteiger partial charge in [-0.3, -0.25) is 4.79 Å². The highest BCUT2D eigenvalue weighted by Gasteiger charge is 2.35. The van der Waals surface area contributed by atoms with Gasteiger partial charge < -0.3 is 15.5 Å². The molecule has 1 saturated carbocycles. The molecule has 1 aromatic rings. The van der Waals surface area contributed by atoms with Gasteiger partial charge in [-0.1, -0.05) is 6.42 Å². The first-order valence-electron chi connectivity index (χ1n) is 8.33. The van der Waals surface area contributed by atoms with E-state index in [4.69, 9.17) is 11.0 Å². The van der Waals surface area contributed by atoms with Crippen molar-refractivity contribution in [1.29, 1.82) is 5.26 Å². The number of aromatic nitrogens is 1. The van der Waals surface area contributed by atoms with Crippen molar-refractivity contribution in [3.8, 4) is 6.07 Å². The summed E-state index contributed by atoms with van der Waals surface area (Å²) in [7, 11) is 0. The van der Waals surface area contributed by atoms with Gasteiger partial charge in [0.25, 0.3) is 0 Å². The van der Waals surface area contributed by atoms with Crippen LogP contribution in [0.2, 0.25) is 0 Å². The Morgan fingerprint density at radius 2 is 2.13 bits per heavy atom. The van der Waals surface area contributed by atoms with Crippen molar-refractivity contribution in [3.05, 3.63) is 23.9 Å². The Labute approximate surface area is 136 Å². The molecule has 3 rings (SSSR count). The van der Waals surface area contributed by atoms with Crippen LogP contribution in [0.1, 0.15) is 24.8 Å². The number of anilines is 1. The van der Waals surface area contributed by atoms with Crippen LogP contribution in [-0.2, 0) is 4.79 Å². The maximum Gasteiger partial charge on any atom is 0.226 e. The molecule has 6 nitrogen and oxygen atoms in total. The largest absolute Gasteiger partial charge is 0.353 e. The smallest absolute Gasteiger partial charge is 0.226 e. The van der Waals surface area contributed by atoms with Gasteiger partial charge in [0.2, 0.25) is 5.91 Å². The van der Waals surface area contributed by atoms with Crippen LogP contribution in [0.5, 0.6) is 0 Å². The molecule has 0 aromatic carbocycles. The van der Waals surface area contributed by atoms with Crippen LogP contribution in [0, 0.1) is 23.2 Å². The van der Waals surface area contributed by atoms with Crippen LogP contribution in [-0.4, -0.2) is 48.5 Å². The molecule has 122 valence electrons. The van der Waals surface area contributed by atoms with Crippen molar-refractivity contribution in [1.82, 2.24) is 9.88 Å². The number of pyridine rings is 1. The first-order valence-corrected chi connectivity index (χ1v) is 8.33. The van der Waals surface area contributed by atoms with E-state index < -0.39 is 0 Å². The van der Waals surface area contributed by atoms with Gasteiger partial charge in [-0.05, 0) is 37.4 Å². The molecule has 1 aliphatic carbocycles. The monoisotopic (exact) mass is 313 g/mol. The number of hydrogen-bond donors (Lipinski definition) is 1. The standard InChI is InChI=1S/C17H23N5O/c18-11-13-4-5-20-16(10-13)21-6-8-22(9-7-21)17(23)15-3-1-2-14(15)12-19/h4-5,10,14-15H,1-3,6-9,12,19H2/t14-,15-/m1/s1. The average Bonchev–Trinajstić information content (AvgIpc) is 3.10. The molecule has 1 aromatic heterocycles. The minimum absolute atomic E-state index is 0.117. The Balaban J connectivity index is 1.60. The number of nitrogens with two attached hydrogens (primary N) is 1. The van der Waals surface area contributed by atoms with E-state index in [9.17, 15) is 4.79 Å². The van der Waals surface area contributed by atoms with E-state index in [0.29, 0.717) is 31.1 Å². The molecule has 6 heteroatoms. The van der Waals surface area contributed by atoms with Gasteiger partial charge in [0.1, 0.15) is 5.82 Å². The van der Waals surface area contributed by atoms with Gasteiger partial charge in [-0.15, -0.1) is 0 Å². The number of rotatable bonds is 3. The second kappa shape index (κ2) is 6.97. The quantitative estimate of drug-likeness (QED) is 0.899. The van der Waals surface area contributed by atoms with E-state index in [1.165, 1.54) is 0 Å². The summed E-state index contributed by atoms with van der Waals surface area (Å²) in [5, 5.41) is 8.99. The van der Waals surface area contributed by atoms with Crippen molar-refractivity contribution in [2.75, 3.05) is 37.6 Å². The van der Waals surface area contributed by atoms with Crippen LogP contribution >= 0.6 is 0 Å². The summed E-state index contributed by atoms with van der Waals surface area (Å²) in [6.45, 7) is 3.55. The summed E-state index contributed by atoms with van der Waals surface area (Å²) >= 11 is 0. The van der Waals surface area contributed by atoms with Crippen LogP contribution in [0.4, 0.5) is 5.82 Å². The Morgan fingerprint density at radius 1 is 1.35 bits per heavy atom. The molecule has 0 radical (unpaired) electrons. The average molecular weight is 313 g/mol. The van der Waals surface area contributed by atoms with Crippen molar-refractivity contribution in [2.24, 2.45) is 17.6 Å². The molecule has 2 atom stereocenters. The highest BCUT2D eigenvalue weighted by molar-refractivity contribution is 5.79. The van der Waals surface area contributed by atoms with E-state index >= 15 is 0 Å². The first-order chi connectivity index (χ1) is 11.2. The lowest BCUT2D eigenvalue weighted by atomic mass is 9.94. The number of carbonyl (C=O) groups is 1. The normalized spacial score (nSPS) is 24.5. The molecule has 2 aliphatic rings. The molecule has 2 N–H and O–H groups in total. The molecular weight excluding hydrogens is 290 g/mol. The molecule has 1 aliphatic heterocycles. The molecule has 23 heavy (non-hydrogen) atoms. The summed E-state index contributed by atoms with van der Waals surface area (Å²) < 4.78 is 0. The van der Waals surface area contributed by atoms with E-state index in [1.807, 2.05) is 4.90 Å². The molecule has 0 spiro atoms. The molecule has 0 bridgehead atoms. The molecule has 2 fully saturated rings. The SMILES string of the molecule is N#Cc1ccnc(N2CCN(C(=O)[C@@H]3CCC[C@@H]3CN)CC2)c1. The minimum Gasteiger partial charge on any atom is -0.353 e. The van der Waals surface area contributed by atoms with Crippen LogP contribution in [0.15, 0.2) is 18.3 Å². The minimum atomic E-state index is 0.117. The van der Waals surface area contributed by atoms with Gasteiger partial charge in [0.05, 0.1) is 11.6 Å². The zero-order valence-electron chi connectivity index (χ0n) is 13.3. The van der Waals surface area contributed by atoms with Crippen molar-refractivity contribution in [3.63, 3.8) is 0 Å². The maximum absolute atomic E-state index is 12.7. The number of nitrogens with zero attached hydrogens (tertiary/aromatic N) is 4. The molecule has 1 amide bonds. The number of nitriles is 1. The number of piperazine rings is 1. The predicted octanol–water partition coefficient (Wildman–Crippen LogP) is 0.977. The second-order valence-electron chi connectivity index (χ2n) is 6.36. The predicted molar refractivity (Wildman–Crippen MR) is 87.6 cm³/mol. The fourth-order valence-electron chi connectivity index (χ4n) is 3.70. The van der Waals surface area contributed by atoms with E-state index in [0.717, 1.165) is 38.2 Å². The number of amides is 1. The third-order valence-corrected chi connectivity index (χ3v) is 5.07. The van der Waals surface area contributed by atoms with Crippen molar-refractivity contribution >= 4 is 11.7 Å². The maximum atomic E-state index is 12.7. The van der Waals surface area contributed by atoms with Gasteiger partial charge in [-0.2, -0.15) is 5.26 Å². The lowest BCUT2D eigenvalue weighted by Gasteiger charge is -2.37. The highest BCUT2D eigenvalue weighted by atomic mass is 16.2. The van der Waals surface area contributed by atoms with Crippen molar-refractivity contribution in [2.45, 2.75) is 19.3 Å². The lowest BCUT2D eigenvalue weighted by Crippen LogP contribution is -2.51. The summed E-state index contributed by atoms with van der Waals surface area (Å²) in [6.07, 6.45) is 4.84. The summed E-state index contributed by atoms with van der Waals surface area (Å²) in [5.74, 6) is 1.56. The Bertz CT molecular complexity index is 603. The van der Waals surface area contributed by atoms with Gasteiger partial charge in [0, 0.05) is 38.3 Å². The number of carbonyl (C=O) groups excluding carboxylic acids is 1. The van der Waals surface area contributed by atoms with E-state index in [2.05, 4.69) is 16.0 Å². The summed E-state index contributed by atoms with van der Waals surface area (Å²) in [6, 6.07) is 5.65. The third kappa shape index (κ3) is 3.30. The van der Waals surface area contributed by atoms with E-state index in [-0.39, 0.29) is 11.8 Å². The van der Waals surface area contributed by atoms with Crippen molar-refractivity contribution < 1.29 is 4.79 Å². The van der Waals surface area contributed by atoms with Crippen LogP contribution in [0.3, 0.4) is 0 Å². The lowest BCUT2D eigenvalue weighted by molar-refractivity contribution is -0.136. The van der Waals surface area contributed by atoms with E-state index in [1.54, 1.807) is 18.3 Å². The molecule has 2 heterocycles. The van der Waals surface area contributed by atoms with Gasteiger partial charge in [0.15, 0.2) is 0 Å². The fraction of sp³-hybridized carbons (Fsp3) is 0.588. The topological polar surface area (TPSA) is 86.2 Å². The highest BCUT2D eigenvalue weighted by Crippen LogP contribution is 2.32. The van der Waals surface area contributed by atoms with Crippen LogP contribution in [0.25, 0.3) is 0 Å². The molecule has 1 saturated heterocycles. The Kier molecular flexibility index (Phi) is 4.77. The molecular formula is C17H23N5O. The zero-order chi connectivity index (χ0) is 16.2. The third-order valence-electron chi connectivity index (χ3n) is 5.07. The summed E-state index contributed by atoms with van der Waals surface area (Å²) in [5.41, 5.74) is 6.42. The first kappa shape index (κ1) is 15.8. The molecule has 0 unspecified atom stereocenters. The summed E-state index contributed by atoms with van der Waals surface area (Å²) in [4.78, 5) is 21.2. The Morgan fingerprint density at radius 3 is 2.83 bits per heavy atom. The fourth-order valence-corrected chi connectivity index (χ4v) is 3.70. The van der Waals surface area contributed by atoms with Crippen LogP contribution < -0.4 is 10.6 Å². The van der Waals surface area contributed by atoms with Gasteiger partial charge in [-0.25, -0.2) is 4.98 Å². The second-order valence-corrected chi connectivity index (χ2v) is 6.36. The Hall–Kier alpha value is -2.13. The van der Waals surface area contributed by atoms with Gasteiger partial charge >= 0.3 is 0 Å². The zero-order valence-corrected chi connectivity index (χ0v) is 13.3.